The molecular formula is C28H22Cl2FN3O4. The molecule has 0 spiro atoms. The van der Waals surface area contributed by atoms with Gasteiger partial charge in [0.2, 0.25) is 0 Å². The number of benzene rings is 3. The molecule has 1 saturated carbocycles. The van der Waals surface area contributed by atoms with Crippen molar-refractivity contribution in [3.8, 4) is 16.8 Å². The van der Waals surface area contributed by atoms with E-state index in [-0.39, 0.29) is 5.82 Å². The van der Waals surface area contributed by atoms with Crippen LogP contribution in [0.2, 0.25) is 10.0 Å². The first-order valence-electron chi connectivity index (χ1n) is 11.8. The molecule has 1 amide bonds. The van der Waals surface area contributed by atoms with Crippen LogP contribution in [0.3, 0.4) is 0 Å². The van der Waals surface area contributed by atoms with Gasteiger partial charge in [-0.05, 0) is 55.2 Å². The highest BCUT2D eigenvalue weighted by Gasteiger charge is 2.51. The molecule has 0 aliphatic heterocycles. The van der Waals surface area contributed by atoms with Crippen molar-refractivity contribution >= 4 is 41.1 Å². The predicted octanol–water partition coefficient (Wildman–Crippen LogP) is 7.41. The van der Waals surface area contributed by atoms with E-state index in [4.69, 9.17) is 27.9 Å². The van der Waals surface area contributed by atoms with Crippen LogP contribution in [0.4, 0.5) is 15.0 Å². The van der Waals surface area contributed by atoms with E-state index in [1.54, 1.807) is 73.7 Å². The first kappa shape index (κ1) is 25.8. The summed E-state index contributed by atoms with van der Waals surface area (Å²) in [6.07, 6.45) is 0.652. The monoisotopic (exact) mass is 553 g/mol. The number of carbonyl (C=O) groups is 2. The van der Waals surface area contributed by atoms with Gasteiger partial charge in [-0.1, -0.05) is 65.7 Å². The minimum absolute atomic E-state index is 0.181. The van der Waals surface area contributed by atoms with E-state index in [9.17, 15) is 19.1 Å². The summed E-state index contributed by atoms with van der Waals surface area (Å²) in [6.45, 7) is 1.66. The van der Waals surface area contributed by atoms with Crippen LogP contribution in [-0.2, 0) is 14.9 Å². The number of aliphatic carboxylic acids is 1. The Kier molecular flexibility index (Phi) is 6.86. The molecule has 7 nitrogen and oxygen atoms in total. The number of hydrogen-bond donors (Lipinski definition) is 2. The quantitative estimate of drug-likeness (QED) is 0.248. The number of ether oxygens (including phenoxy) is 1. The number of nitrogens with one attached hydrogen (secondary N) is 1. The summed E-state index contributed by atoms with van der Waals surface area (Å²) in [5.41, 5.74) is 2.46. The molecule has 0 bridgehead atoms. The summed E-state index contributed by atoms with van der Waals surface area (Å²) in [5, 5.41) is 16.9. The van der Waals surface area contributed by atoms with E-state index in [0.29, 0.717) is 39.7 Å². The zero-order chi connectivity index (χ0) is 27.0. The summed E-state index contributed by atoms with van der Waals surface area (Å²) in [4.78, 5) is 24.2. The molecule has 10 heteroatoms. The minimum atomic E-state index is -0.864. The second-order valence-electron chi connectivity index (χ2n) is 9.08. The highest BCUT2D eigenvalue weighted by atomic mass is 35.5. The molecule has 38 heavy (non-hydrogen) atoms. The number of halogens is 3. The lowest BCUT2D eigenvalue weighted by molar-refractivity contribution is -0.140. The van der Waals surface area contributed by atoms with Gasteiger partial charge in [-0.3, -0.25) is 10.1 Å². The number of amides is 1. The summed E-state index contributed by atoms with van der Waals surface area (Å²) < 4.78 is 21.2. The topological polar surface area (TPSA) is 93.5 Å². The Morgan fingerprint density at radius 1 is 1.08 bits per heavy atom. The second kappa shape index (κ2) is 10.1. The van der Waals surface area contributed by atoms with E-state index in [1.807, 2.05) is 0 Å². The summed E-state index contributed by atoms with van der Waals surface area (Å²) in [5.74, 6) is -1.76. The number of carboxylic acids is 1. The molecule has 194 valence electrons. The van der Waals surface area contributed by atoms with Crippen LogP contribution >= 0.6 is 23.2 Å². The SMILES string of the molecule is CC(OC(=O)Nc1c(F)cnn1-c1ccc(-c2ccc(C3(C(=O)O)CC3)cc2Cl)cc1)c1ccccc1Cl. The summed E-state index contributed by atoms with van der Waals surface area (Å²) in [6, 6.07) is 19.2. The Balaban J connectivity index is 1.33. The Hall–Kier alpha value is -3.88. The van der Waals surface area contributed by atoms with Crippen molar-refractivity contribution in [2.45, 2.75) is 31.3 Å². The first-order valence-corrected chi connectivity index (χ1v) is 12.5. The van der Waals surface area contributed by atoms with Gasteiger partial charge < -0.3 is 9.84 Å². The van der Waals surface area contributed by atoms with Crippen molar-refractivity contribution in [3.05, 3.63) is 99.9 Å². The van der Waals surface area contributed by atoms with Crippen molar-refractivity contribution in [3.63, 3.8) is 0 Å². The van der Waals surface area contributed by atoms with Crippen molar-refractivity contribution in [1.82, 2.24) is 9.78 Å². The molecule has 0 saturated heterocycles. The summed E-state index contributed by atoms with van der Waals surface area (Å²) >= 11 is 12.7. The van der Waals surface area contributed by atoms with Crippen LogP contribution in [-0.4, -0.2) is 26.9 Å². The number of carbonyl (C=O) groups excluding carboxylic acids is 1. The largest absolute Gasteiger partial charge is 0.481 e. The molecular weight excluding hydrogens is 532 g/mol. The maximum Gasteiger partial charge on any atom is 0.413 e. The van der Waals surface area contributed by atoms with Crippen LogP contribution in [0, 0.1) is 5.82 Å². The molecule has 1 atom stereocenters. The van der Waals surface area contributed by atoms with Crippen LogP contribution in [0.1, 0.15) is 37.0 Å². The molecule has 1 aliphatic carbocycles. The fourth-order valence-corrected chi connectivity index (χ4v) is 4.95. The highest BCUT2D eigenvalue weighted by Crippen LogP contribution is 2.49. The zero-order valence-electron chi connectivity index (χ0n) is 20.1. The fraction of sp³-hybridized carbons (Fsp3) is 0.179. The van der Waals surface area contributed by atoms with Gasteiger partial charge in [0.15, 0.2) is 11.6 Å². The van der Waals surface area contributed by atoms with Gasteiger partial charge in [0.25, 0.3) is 0 Å². The van der Waals surface area contributed by atoms with Gasteiger partial charge in [-0.25, -0.2) is 13.9 Å². The Morgan fingerprint density at radius 3 is 2.42 bits per heavy atom. The molecule has 1 unspecified atom stereocenters. The number of rotatable bonds is 7. The standard InChI is InChI=1S/C28H22Cl2FN3O4/c1-16(20-4-2-3-5-22(20)29)38-27(37)33-25-24(31)15-32-34(25)19-9-6-17(7-10-19)21-11-8-18(14-23(21)30)28(12-13-28)26(35)36/h2-11,14-16H,12-13H2,1H3,(H,33,37)(H,35,36). The van der Waals surface area contributed by atoms with Crippen LogP contribution in [0.25, 0.3) is 16.8 Å². The lowest BCUT2D eigenvalue weighted by Gasteiger charge is -2.16. The fourth-order valence-electron chi connectivity index (χ4n) is 4.37. The predicted molar refractivity (Wildman–Crippen MR) is 142 cm³/mol. The van der Waals surface area contributed by atoms with E-state index >= 15 is 0 Å². The smallest absolute Gasteiger partial charge is 0.413 e. The maximum absolute atomic E-state index is 14.5. The third-order valence-electron chi connectivity index (χ3n) is 6.68. The molecule has 2 N–H and O–H groups in total. The molecule has 1 aliphatic rings. The van der Waals surface area contributed by atoms with E-state index < -0.39 is 29.4 Å². The number of carboxylic acid groups (broad SMARTS) is 1. The van der Waals surface area contributed by atoms with E-state index in [0.717, 1.165) is 17.3 Å². The van der Waals surface area contributed by atoms with Crippen molar-refractivity contribution in [2.75, 3.05) is 5.32 Å². The second-order valence-corrected chi connectivity index (χ2v) is 9.89. The van der Waals surface area contributed by atoms with Crippen LogP contribution in [0.15, 0.2) is 72.9 Å². The summed E-state index contributed by atoms with van der Waals surface area (Å²) in [7, 11) is 0. The van der Waals surface area contributed by atoms with Crippen LogP contribution in [0.5, 0.6) is 0 Å². The number of hydrogen-bond acceptors (Lipinski definition) is 4. The highest BCUT2D eigenvalue weighted by molar-refractivity contribution is 6.33. The van der Waals surface area contributed by atoms with E-state index in [2.05, 4.69) is 10.4 Å². The van der Waals surface area contributed by atoms with Crippen molar-refractivity contribution in [1.29, 1.82) is 0 Å². The average Bonchev–Trinajstić information content (AvgIpc) is 3.64. The molecule has 0 radical (unpaired) electrons. The van der Waals surface area contributed by atoms with Crippen LogP contribution < -0.4 is 5.32 Å². The van der Waals surface area contributed by atoms with E-state index in [1.165, 1.54) is 4.68 Å². The Morgan fingerprint density at radius 2 is 1.79 bits per heavy atom. The normalized spacial score (nSPS) is 14.5. The number of nitrogens with zero attached hydrogens (tertiary/aromatic N) is 2. The maximum atomic E-state index is 14.5. The lowest BCUT2D eigenvalue weighted by atomic mass is 9.93. The first-order chi connectivity index (χ1) is 18.2. The molecule has 1 heterocycles. The molecule has 1 fully saturated rings. The van der Waals surface area contributed by atoms with Gasteiger partial charge >= 0.3 is 12.1 Å². The molecule has 4 aromatic rings. The molecule has 1 aromatic heterocycles. The number of anilines is 1. The third-order valence-corrected chi connectivity index (χ3v) is 7.33. The average molecular weight is 554 g/mol. The van der Waals surface area contributed by atoms with Gasteiger partial charge in [0, 0.05) is 21.2 Å². The Labute approximate surface area is 227 Å². The Bertz CT molecular complexity index is 1530. The van der Waals surface area contributed by atoms with Crippen molar-refractivity contribution in [2.24, 2.45) is 0 Å². The van der Waals surface area contributed by atoms with Gasteiger partial charge in [0.1, 0.15) is 6.10 Å². The van der Waals surface area contributed by atoms with Crippen molar-refractivity contribution < 1.29 is 23.8 Å². The third kappa shape index (κ3) is 4.85. The van der Waals surface area contributed by atoms with Gasteiger partial charge in [0.05, 0.1) is 17.3 Å². The minimum Gasteiger partial charge on any atom is -0.481 e. The van der Waals surface area contributed by atoms with Gasteiger partial charge in [-0.15, -0.1) is 0 Å². The van der Waals surface area contributed by atoms with Gasteiger partial charge in [-0.2, -0.15) is 5.10 Å². The molecule has 3 aromatic carbocycles. The lowest BCUT2D eigenvalue weighted by Crippen LogP contribution is -2.19. The zero-order valence-corrected chi connectivity index (χ0v) is 21.6. The number of aromatic nitrogens is 2. The molecule has 5 rings (SSSR count).